The van der Waals surface area contributed by atoms with E-state index in [1.807, 2.05) is 0 Å². The molecule has 0 bridgehead atoms. The molecule has 0 aliphatic carbocycles. The number of aromatic hydroxyl groups is 1. The molecule has 0 saturated heterocycles. The van der Waals surface area contributed by atoms with Gasteiger partial charge in [0.1, 0.15) is 12.4 Å². The van der Waals surface area contributed by atoms with Gasteiger partial charge in [-0.1, -0.05) is 17.7 Å². The summed E-state index contributed by atoms with van der Waals surface area (Å²) < 4.78 is 14.1. The summed E-state index contributed by atoms with van der Waals surface area (Å²) >= 11 is 5.66. The molecule has 130 valence electrons. The van der Waals surface area contributed by atoms with E-state index in [0.29, 0.717) is 5.56 Å². The van der Waals surface area contributed by atoms with Crippen molar-refractivity contribution in [2.24, 2.45) is 0 Å². The highest BCUT2D eigenvalue weighted by molar-refractivity contribution is 6.30. The number of rotatable bonds is 3. The zero-order valence-corrected chi connectivity index (χ0v) is 13.7. The Morgan fingerprint density at radius 1 is 1.44 bits per heavy atom. The monoisotopic (exact) mass is 366 g/mol. The first-order valence-corrected chi connectivity index (χ1v) is 7.50. The summed E-state index contributed by atoms with van der Waals surface area (Å²) in [5, 5.41) is 12.3. The summed E-state index contributed by atoms with van der Waals surface area (Å²) in [6.45, 7) is -0.269. The number of likely N-dealkylation sites (N-methyl/N-ethyl adjacent to an activating group) is 1. The van der Waals surface area contributed by atoms with Crippen LogP contribution < -0.4 is 15.8 Å². The molecule has 8 nitrogen and oxygen atoms in total. The maximum atomic E-state index is 13.1. The van der Waals surface area contributed by atoms with Crippen molar-refractivity contribution in [2.75, 3.05) is 11.9 Å². The van der Waals surface area contributed by atoms with Crippen molar-refractivity contribution in [3.8, 4) is 5.75 Å². The first-order valence-electron chi connectivity index (χ1n) is 7.12. The quantitative estimate of drug-likeness (QED) is 0.829. The Kier molecular flexibility index (Phi) is 4.17. The van der Waals surface area contributed by atoms with E-state index in [1.165, 1.54) is 19.2 Å². The number of nitrogens with one attached hydrogen (secondary N) is 1. The van der Waals surface area contributed by atoms with Crippen molar-refractivity contribution in [3.63, 3.8) is 0 Å². The molecule has 1 aromatic heterocycles. The molecule has 2 N–H and O–H groups in total. The summed E-state index contributed by atoms with van der Waals surface area (Å²) in [4.78, 5) is 41.0. The summed E-state index contributed by atoms with van der Waals surface area (Å²) in [5.41, 5.74) is -0.854. The van der Waals surface area contributed by atoms with Crippen molar-refractivity contribution in [2.45, 2.75) is 13.1 Å². The first kappa shape index (κ1) is 16.9. The predicted octanol–water partition coefficient (Wildman–Crippen LogP) is 0.648. The van der Waals surface area contributed by atoms with Gasteiger partial charge in [0.15, 0.2) is 5.69 Å². The third-order valence-corrected chi connectivity index (χ3v) is 4.03. The van der Waals surface area contributed by atoms with E-state index in [1.54, 1.807) is 0 Å². The highest BCUT2D eigenvalue weighted by Gasteiger charge is 2.31. The average molecular weight is 367 g/mol. The van der Waals surface area contributed by atoms with Crippen LogP contribution in [0.25, 0.3) is 0 Å². The van der Waals surface area contributed by atoms with Crippen LogP contribution >= 0.6 is 11.6 Å². The lowest BCUT2D eigenvalue weighted by atomic mass is 10.2. The maximum Gasteiger partial charge on any atom is 0.298 e. The number of anilines is 1. The van der Waals surface area contributed by atoms with Gasteiger partial charge in [0, 0.05) is 13.6 Å². The Morgan fingerprint density at radius 2 is 2.16 bits per heavy atom. The second-order valence-corrected chi connectivity index (χ2v) is 5.79. The number of carbonyl (C=O) groups is 2. The summed E-state index contributed by atoms with van der Waals surface area (Å²) in [5.74, 6) is -2.66. The van der Waals surface area contributed by atoms with Crippen molar-refractivity contribution >= 4 is 29.4 Å². The van der Waals surface area contributed by atoms with Gasteiger partial charge in [-0.15, -0.1) is 0 Å². The number of halogens is 2. The number of hydrogen-bond acceptors (Lipinski definition) is 5. The standard InChI is InChI=1S/C15H12ClFN4O4/c1-20-10(22)6-21-14(25)12(23)11(19-15(20)21)13(24)18-5-7-2-3-9(17)8(16)4-7/h2-4,23H,5-6H2,1H3,(H,18,24). The van der Waals surface area contributed by atoms with E-state index in [-0.39, 0.29) is 30.0 Å². The van der Waals surface area contributed by atoms with Crippen LogP contribution in [-0.4, -0.2) is 33.5 Å². The molecule has 0 fully saturated rings. The number of nitrogens with zero attached hydrogens (tertiary/aromatic N) is 3. The van der Waals surface area contributed by atoms with E-state index in [0.717, 1.165) is 15.5 Å². The molecule has 2 heterocycles. The van der Waals surface area contributed by atoms with E-state index in [4.69, 9.17) is 11.6 Å². The molecule has 0 saturated carbocycles. The molecule has 10 heteroatoms. The summed E-state index contributed by atoms with van der Waals surface area (Å²) in [7, 11) is 1.41. The molecule has 0 radical (unpaired) electrons. The lowest BCUT2D eigenvalue weighted by Crippen LogP contribution is -2.29. The van der Waals surface area contributed by atoms with E-state index < -0.39 is 28.7 Å². The smallest absolute Gasteiger partial charge is 0.298 e. The minimum atomic E-state index is -0.877. The number of fused-ring (bicyclic) bond motifs is 1. The molecular formula is C15H12ClFN4O4. The van der Waals surface area contributed by atoms with Gasteiger partial charge in [-0.05, 0) is 17.7 Å². The lowest BCUT2D eigenvalue weighted by Gasteiger charge is -2.11. The number of carbonyl (C=O) groups excluding carboxylic acids is 2. The fourth-order valence-corrected chi connectivity index (χ4v) is 2.56. The molecule has 0 spiro atoms. The van der Waals surface area contributed by atoms with Crippen LogP contribution in [0, 0.1) is 5.82 Å². The molecule has 0 unspecified atom stereocenters. The molecule has 25 heavy (non-hydrogen) atoms. The Bertz CT molecular complexity index is 959. The van der Waals surface area contributed by atoms with Crippen molar-refractivity contribution < 1.29 is 19.1 Å². The third kappa shape index (κ3) is 2.93. The zero-order valence-electron chi connectivity index (χ0n) is 12.9. The highest BCUT2D eigenvalue weighted by Crippen LogP contribution is 2.20. The van der Waals surface area contributed by atoms with E-state index in [9.17, 15) is 23.9 Å². The lowest BCUT2D eigenvalue weighted by molar-refractivity contribution is -0.117. The van der Waals surface area contributed by atoms with Crippen LogP contribution in [0.2, 0.25) is 5.02 Å². The molecule has 1 aliphatic rings. The number of benzene rings is 1. The molecule has 0 atom stereocenters. The summed E-state index contributed by atoms with van der Waals surface area (Å²) in [6, 6.07) is 3.93. The van der Waals surface area contributed by atoms with Crippen molar-refractivity contribution in [1.29, 1.82) is 0 Å². The Balaban J connectivity index is 1.85. The summed E-state index contributed by atoms with van der Waals surface area (Å²) in [6.07, 6.45) is 0. The molecule has 2 aromatic rings. The minimum Gasteiger partial charge on any atom is -0.501 e. The molecule has 1 aliphatic heterocycles. The minimum absolute atomic E-state index is 0.0207. The largest absolute Gasteiger partial charge is 0.501 e. The first-order chi connectivity index (χ1) is 11.8. The van der Waals surface area contributed by atoms with Crippen molar-refractivity contribution in [3.05, 3.63) is 50.7 Å². The second-order valence-electron chi connectivity index (χ2n) is 5.38. The van der Waals surface area contributed by atoms with Gasteiger partial charge >= 0.3 is 0 Å². The van der Waals surface area contributed by atoms with Gasteiger partial charge in [0.2, 0.25) is 17.6 Å². The number of hydrogen-bond donors (Lipinski definition) is 2. The fraction of sp³-hybridized carbons (Fsp3) is 0.200. The fourth-order valence-electron chi connectivity index (χ4n) is 2.36. The van der Waals surface area contributed by atoms with Crippen LogP contribution in [-0.2, 0) is 17.9 Å². The van der Waals surface area contributed by atoms with Gasteiger partial charge in [0.05, 0.1) is 5.02 Å². The number of aromatic nitrogens is 2. The normalized spacial score (nSPS) is 13.1. The maximum absolute atomic E-state index is 13.1. The van der Waals surface area contributed by atoms with Crippen LogP contribution in [0.4, 0.5) is 10.3 Å². The molecule has 2 amide bonds. The van der Waals surface area contributed by atoms with Crippen LogP contribution in [0.1, 0.15) is 16.1 Å². The predicted molar refractivity (Wildman–Crippen MR) is 86.2 cm³/mol. The average Bonchev–Trinajstić information content (AvgIpc) is 2.87. The van der Waals surface area contributed by atoms with Gasteiger partial charge in [-0.25, -0.2) is 9.37 Å². The van der Waals surface area contributed by atoms with Gasteiger partial charge in [-0.2, -0.15) is 0 Å². The third-order valence-electron chi connectivity index (χ3n) is 3.74. The molecular weight excluding hydrogens is 355 g/mol. The van der Waals surface area contributed by atoms with Gasteiger partial charge in [-0.3, -0.25) is 23.9 Å². The molecule has 3 rings (SSSR count). The Morgan fingerprint density at radius 3 is 2.84 bits per heavy atom. The van der Waals surface area contributed by atoms with Gasteiger partial charge in [0.25, 0.3) is 11.5 Å². The van der Waals surface area contributed by atoms with Crippen LogP contribution in [0.3, 0.4) is 0 Å². The van der Waals surface area contributed by atoms with Crippen LogP contribution in [0.5, 0.6) is 5.75 Å². The van der Waals surface area contributed by atoms with Gasteiger partial charge < -0.3 is 10.4 Å². The van der Waals surface area contributed by atoms with E-state index in [2.05, 4.69) is 10.3 Å². The Hall–Kier alpha value is -2.94. The van der Waals surface area contributed by atoms with Crippen molar-refractivity contribution in [1.82, 2.24) is 14.9 Å². The number of amides is 2. The Labute approximate surface area is 145 Å². The zero-order chi connectivity index (χ0) is 18.3. The van der Waals surface area contributed by atoms with Crippen LogP contribution in [0.15, 0.2) is 23.0 Å². The highest BCUT2D eigenvalue weighted by atomic mass is 35.5. The topological polar surface area (TPSA) is 105 Å². The SMILES string of the molecule is CN1C(=O)Cn2c1nc(C(=O)NCc1ccc(F)c(Cl)c1)c(O)c2=O. The molecule has 1 aromatic carbocycles. The van der Waals surface area contributed by atoms with E-state index >= 15 is 0 Å². The second kappa shape index (κ2) is 6.17.